The van der Waals surface area contributed by atoms with E-state index in [2.05, 4.69) is 15.3 Å². The second-order valence-corrected chi connectivity index (χ2v) is 5.41. The molecule has 0 saturated heterocycles. The van der Waals surface area contributed by atoms with E-state index in [-0.39, 0.29) is 11.4 Å². The van der Waals surface area contributed by atoms with E-state index in [9.17, 15) is 26.7 Å². The number of hydrogen-bond acceptors (Lipinski definition) is 4. The minimum Gasteiger partial charge on any atom is -0.438 e. The van der Waals surface area contributed by atoms with Crippen molar-refractivity contribution in [1.29, 1.82) is 0 Å². The molecule has 0 aliphatic rings. The predicted molar refractivity (Wildman–Crippen MR) is 87.9 cm³/mol. The van der Waals surface area contributed by atoms with E-state index in [0.29, 0.717) is 12.4 Å². The largest absolute Gasteiger partial charge is 0.438 e. The zero-order chi connectivity index (χ0) is 20.3. The van der Waals surface area contributed by atoms with Crippen molar-refractivity contribution in [3.63, 3.8) is 0 Å². The average Bonchev–Trinajstić information content (AvgIpc) is 2.63. The van der Waals surface area contributed by atoms with Gasteiger partial charge in [-0.05, 0) is 36.4 Å². The Labute approximate surface area is 154 Å². The highest BCUT2D eigenvalue weighted by atomic mass is 19.4. The van der Waals surface area contributed by atoms with Gasteiger partial charge in [-0.25, -0.2) is 13.8 Å². The summed E-state index contributed by atoms with van der Waals surface area (Å²) in [6.45, 7) is 0. The summed E-state index contributed by atoms with van der Waals surface area (Å²) in [7, 11) is 0. The van der Waals surface area contributed by atoms with Gasteiger partial charge in [0.25, 0.3) is 5.91 Å². The van der Waals surface area contributed by atoms with Crippen LogP contribution in [0.15, 0.2) is 55.0 Å². The van der Waals surface area contributed by atoms with Gasteiger partial charge in [-0.1, -0.05) is 0 Å². The first-order valence-corrected chi connectivity index (χ1v) is 7.66. The molecule has 0 aliphatic heterocycles. The second kappa shape index (κ2) is 7.59. The minimum atomic E-state index is -4.64. The van der Waals surface area contributed by atoms with Crippen molar-refractivity contribution < 1.29 is 31.5 Å². The molecule has 28 heavy (non-hydrogen) atoms. The number of nitrogens with zero attached hydrogens (tertiary/aromatic N) is 2. The van der Waals surface area contributed by atoms with Crippen LogP contribution < -0.4 is 10.1 Å². The Bertz CT molecular complexity index is 987. The number of anilines is 1. The third-order valence-electron chi connectivity index (χ3n) is 3.48. The zero-order valence-electron chi connectivity index (χ0n) is 13.8. The summed E-state index contributed by atoms with van der Waals surface area (Å²) >= 11 is 0. The van der Waals surface area contributed by atoms with E-state index in [1.54, 1.807) is 0 Å². The van der Waals surface area contributed by atoms with Gasteiger partial charge in [0.2, 0.25) is 5.88 Å². The molecule has 5 nitrogen and oxygen atoms in total. The molecule has 144 valence electrons. The SMILES string of the molecule is O=C(Nc1ccc(Oc2ncccc2C(F)(F)F)cc1)c1c(F)cncc1F. The average molecular weight is 395 g/mol. The molecule has 1 aromatic carbocycles. The number of carbonyl (C=O) groups excluding carboxylic acids is 1. The molecule has 3 aromatic rings. The number of aromatic nitrogens is 2. The van der Waals surface area contributed by atoms with Crippen molar-refractivity contribution in [3.05, 3.63) is 77.8 Å². The van der Waals surface area contributed by atoms with Gasteiger partial charge < -0.3 is 10.1 Å². The Morgan fingerprint density at radius 1 is 1.00 bits per heavy atom. The lowest BCUT2D eigenvalue weighted by atomic mass is 10.2. The van der Waals surface area contributed by atoms with Gasteiger partial charge in [-0.15, -0.1) is 0 Å². The van der Waals surface area contributed by atoms with Crippen LogP contribution in [-0.2, 0) is 6.18 Å². The molecule has 0 atom stereocenters. The molecular weight excluding hydrogens is 385 g/mol. The minimum absolute atomic E-state index is 0.0171. The Morgan fingerprint density at radius 2 is 1.64 bits per heavy atom. The highest BCUT2D eigenvalue weighted by molar-refractivity contribution is 6.04. The van der Waals surface area contributed by atoms with Crippen LogP contribution in [0.4, 0.5) is 27.6 Å². The summed E-state index contributed by atoms with van der Waals surface area (Å²) in [5.41, 5.74) is -1.71. The molecule has 2 heterocycles. The molecule has 0 aliphatic carbocycles. The molecule has 0 spiro atoms. The van der Waals surface area contributed by atoms with E-state index in [0.717, 1.165) is 18.3 Å². The number of rotatable bonds is 4. The number of nitrogens with one attached hydrogen (secondary N) is 1. The predicted octanol–water partition coefficient (Wildman–Crippen LogP) is 4.82. The zero-order valence-corrected chi connectivity index (χ0v) is 13.8. The third-order valence-corrected chi connectivity index (χ3v) is 3.48. The molecule has 0 radical (unpaired) electrons. The van der Waals surface area contributed by atoms with Crippen LogP contribution in [-0.4, -0.2) is 15.9 Å². The van der Waals surface area contributed by atoms with Crippen molar-refractivity contribution in [1.82, 2.24) is 9.97 Å². The summed E-state index contributed by atoms with van der Waals surface area (Å²) < 4.78 is 71.1. The molecule has 10 heteroatoms. The van der Waals surface area contributed by atoms with Crippen molar-refractivity contribution in [2.45, 2.75) is 6.18 Å². The second-order valence-electron chi connectivity index (χ2n) is 5.41. The van der Waals surface area contributed by atoms with E-state index in [1.807, 2.05) is 0 Å². The van der Waals surface area contributed by atoms with Crippen LogP contribution in [0.1, 0.15) is 15.9 Å². The summed E-state index contributed by atoms with van der Waals surface area (Å²) in [6, 6.07) is 7.08. The first-order valence-electron chi connectivity index (χ1n) is 7.66. The molecular formula is C18H10F5N3O2. The maximum atomic E-state index is 13.6. The number of hydrogen-bond donors (Lipinski definition) is 1. The summed E-state index contributed by atoms with van der Waals surface area (Å²) in [5, 5.41) is 2.27. The van der Waals surface area contributed by atoms with Crippen molar-refractivity contribution >= 4 is 11.6 Å². The molecule has 1 amide bonds. The first kappa shape index (κ1) is 19.2. The lowest BCUT2D eigenvalue weighted by Gasteiger charge is -2.12. The maximum absolute atomic E-state index is 13.6. The molecule has 0 fully saturated rings. The Morgan fingerprint density at radius 3 is 2.25 bits per heavy atom. The number of amides is 1. The number of benzene rings is 1. The number of ether oxygens (including phenoxy) is 1. The van der Waals surface area contributed by atoms with Gasteiger partial charge in [0.05, 0.1) is 12.4 Å². The van der Waals surface area contributed by atoms with Gasteiger partial charge in [-0.3, -0.25) is 9.78 Å². The molecule has 2 aromatic heterocycles. The van der Waals surface area contributed by atoms with E-state index in [1.165, 1.54) is 24.3 Å². The number of pyridine rings is 2. The van der Waals surface area contributed by atoms with Gasteiger partial charge in [0.1, 0.15) is 16.9 Å². The molecule has 1 N–H and O–H groups in total. The molecule has 0 bridgehead atoms. The molecule has 0 saturated carbocycles. The van der Waals surface area contributed by atoms with E-state index in [4.69, 9.17) is 4.74 Å². The van der Waals surface area contributed by atoms with Crippen LogP contribution in [0.5, 0.6) is 11.6 Å². The van der Waals surface area contributed by atoms with Crippen LogP contribution in [0.25, 0.3) is 0 Å². The summed E-state index contributed by atoms with van der Waals surface area (Å²) in [6.07, 6.45) is -2.10. The number of alkyl halides is 3. The van der Waals surface area contributed by atoms with Gasteiger partial charge >= 0.3 is 6.18 Å². The first-order chi connectivity index (χ1) is 13.3. The highest BCUT2D eigenvalue weighted by Gasteiger charge is 2.35. The van der Waals surface area contributed by atoms with Crippen molar-refractivity contribution in [2.24, 2.45) is 0 Å². The Kier molecular flexibility index (Phi) is 5.21. The highest BCUT2D eigenvalue weighted by Crippen LogP contribution is 2.36. The van der Waals surface area contributed by atoms with Gasteiger partial charge in [0, 0.05) is 11.9 Å². The quantitative estimate of drug-likeness (QED) is 0.644. The summed E-state index contributed by atoms with van der Waals surface area (Å²) in [4.78, 5) is 18.8. The van der Waals surface area contributed by atoms with E-state index < -0.39 is 40.7 Å². The third kappa shape index (κ3) is 4.22. The molecule has 0 unspecified atom stereocenters. The molecule has 3 rings (SSSR count). The number of carbonyl (C=O) groups is 1. The van der Waals surface area contributed by atoms with Crippen LogP contribution in [0.3, 0.4) is 0 Å². The van der Waals surface area contributed by atoms with Crippen molar-refractivity contribution in [3.8, 4) is 11.6 Å². The van der Waals surface area contributed by atoms with Gasteiger partial charge in [0.15, 0.2) is 11.6 Å². The summed E-state index contributed by atoms with van der Waals surface area (Å²) in [5.74, 6) is -3.93. The lowest BCUT2D eigenvalue weighted by Crippen LogP contribution is -2.16. The Balaban J connectivity index is 1.76. The fourth-order valence-corrected chi connectivity index (χ4v) is 2.23. The fourth-order valence-electron chi connectivity index (χ4n) is 2.23. The topological polar surface area (TPSA) is 64.1 Å². The van der Waals surface area contributed by atoms with Crippen molar-refractivity contribution in [2.75, 3.05) is 5.32 Å². The van der Waals surface area contributed by atoms with Crippen LogP contribution >= 0.6 is 0 Å². The monoisotopic (exact) mass is 395 g/mol. The fraction of sp³-hybridized carbons (Fsp3) is 0.0556. The van der Waals surface area contributed by atoms with Crippen LogP contribution in [0, 0.1) is 11.6 Å². The maximum Gasteiger partial charge on any atom is 0.421 e. The van der Waals surface area contributed by atoms with Crippen LogP contribution in [0.2, 0.25) is 0 Å². The standard InChI is InChI=1S/C18H10F5N3O2/c19-13-8-24-9-14(20)15(13)16(27)26-10-3-5-11(6-4-10)28-17-12(18(21,22)23)2-1-7-25-17/h1-9H,(H,26,27). The normalized spacial score (nSPS) is 11.2. The number of halogens is 5. The smallest absolute Gasteiger partial charge is 0.421 e. The lowest BCUT2D eigenvalue weighted by molar-refractivity contribution is -0.138. The van der Waals surface area contributed by atoms with E-state index >= 15 is 0 Å². The Hall–Kier alpha value is -3.56. The van der Waals surface area contributed by atoms with Gasteiger partial charge in [-0.2, -0.15) is 13.2 Å².